The molecule has 1 amide bonds. The molecule has 0 aliphatic rings. The molecule has 0 atom stereocenters. The molecule has 23 heavy (non-hydrogen) atoms. The van der Waals surface area contributed by atoms with Crippen molar-refractivity contribution in [1.29, 1.82) is 0 Å². The van der Waals surface area contributed by atoms with Crippen LogP contribution in [0.15, 0.2) is 66.3 Å². The molecule has 0 radical (unpaired) electrons. The lowest BCUT2D eigenvalue weighted by Crippen LogP contribution is -2.17. The van der Waals surface area contributed by atoms with Crippen molar-refractivity contribution in [1.82, 2.24) is 5.43 Å². The molecule has 0 aromatic heterocycles. The quantitative estimate of drug-likeness (QED) is 0.486. The molecular weight excluding hydrogens is 292 g/mol. The van der Waals surface area contributed by atoms with E-state index in [1.54, 1.807) is 43.7 Å². The minimum atomic E-state index is -0.306. The van der Waals surface area contributed by atoms with Crippen molar-refractivity contribution in [3.63, 3.8) is 0 Å². The van der Waals surface area contributed by atoms with Crippen molar-refractivity contribution in [2.45, 2.75) is 0 Å². The summed E-state index contributed by atoms with van der Waals surface area (Å²) in [5.74, 6) is 1.03. The third-order valence-corrected chi connectivity index (χ3v) is 2.94. The van der Waals surface area contributed by atoms with Crippen LogP contribution in [0, 0.1) is 0 Å². The van der Waals surface area contributed by atoms with Gasteiger partial charge in [-0.3, -0.25) is 4.79 Å². The van der Waals surface area contributed by atoms with Gasteiger partial charge >= 0.3 is 0 Å². The molecule has 0 spiro atoms. The van der Waals surface area contributed by atoms with Crippen molar-refractivity contribution >= 4 is 12.1 Å². The Morgan fingerprint density at radius 3 is 2.78 bits per heavy atom. The molecule has 0 heterocycles. The summed E-state index contributed by atoms with van der Waals surface area (Å²) in [7, 11) is 1.55. The van der Waals surface area contributed by atoms with Gasteiger partial charge in [0, 0.05) is 5.56 Å². The summed E-state index contributed by atoms with van der Waals surface area (Å²) in [6, 6.07) is 14.2. The van der Waals surface area contributed by atoms with Gasteiger partial charge < -0.3 is 9.47 Å². The summed E-state index contributed by atoms with van der Waals surface area (Å²) in [5.41, 5.74) is 3.77. The van der Waals surface area contributed by atoms with Gasteiger partial charge in [0.1, 0.15) is 18.1 Å². The van der Waals surface area contributed by atoms with E-state index in [1.165, 1.54) is 0 Å². The fourth-order valence-electron chi connectivity index (χ4n) is 1.83. The van der Waals surface area contributed by atoms with E-state index in [9.17, 15) is 4.79 Å². The molecule has 5 nitrogen and oxygen atoms in total. The zero-order chi connectivity index (χ0) is 16.5. The van der Waals surface area contributed by atoms with E-state index in [1.807, 2.05) is 24.3 Å². The summed E-state index contributed by atoms with van der Waals surface area (Å²) < 4.78 is 10.5. The predicted molar refractivity (Wildman–Crippen MR) is 90.2 cm³/mol. The summed E-state index contributed by atoms with van der Waals surface area (Å²) in [4.78, 5) is 12.0. The molecule has 5 heteroatoms. The second-order valence-corrected chi connectivity index (χ2v) is 4.60. The molecule has 118 valence electrons. The predicted octanol–water partition coefficient (Wildman–Crippen LogP) is 3.02. The van der Waals surface area contributed by atoms with Crippen molar-refractivity contribution in [3.8, 4) is 11.5 Å². The molecular formula is C18H18N2O3. The van der Waals surface area contributed by atoms with E-state index in [4.69, 9.17) is 9.47 Å². The van der Waals surface area contributed by atoms with E-state index in [-0.39, 0.29) is 5.91 Å². The highest BCUT2D eigenvalue weighted by Gasteiger charge is 2.04. The van der Waals surface area contributed by atoms with E-state index >= 15 is 0 Å². The first-order valence-corrected chi connectivity index (χ1v) is 7.04. The standard InChI is InChI=1S/C18H18N2O3/c1-3-10-23-17-9-4-6-14(11-17)13-19-20-18(21)15-7-5-8-16(12-15)22-2/h3-9,11-13H,1,10H2,2H3,(H,20,21)/b19-13-. The number of nitrogens with one attached hydrogen (secondary N) is 1. The van der Waals surface area contributed by atoms with Crippen molar-refractivity contribution in [3.05, 3.63) is 72.3 Å². The van der Waals surface area contributed by atoms with E-state index in [0.717, 1.165) is 5.56 Å². The average Bonchev–Trinajstić information content (AvgIpc) is 2.60. The largest absolute Gasteiger partial charge is 0.497 e. The number of amides is 1. The number of carbonyl (C=O) groups excluding carboxylic acids is 1. The number of nitrogens with zero attached hydrogens (tertiary/aromatic N) is 1. The van der Waals surface area contributed by atoms with Crippen molar-refractivity contribution in [2.75, 3.05) is 13.7 Å². The number of ether oxygens (including phenoxy) is 2. The number of rotatable bonds is 7. The van der Waals surface area contributed by atoms with Crippen LogP contribution in [0.4, 0.5) is 0 Å². The molecule has 0 aliphatic carbocycles. The average molecular weight is 310 g/mol. The van der Waals surface area contributed by atoms with Gasteiger partial charge in [0.2, 0.25) is 0 Å². The Labute approximate surface area is 135 Å². The normalized spacial score (nSPS) is 10.3. The van der Waals surface area contributed by atoms with Gasteiger partial charge in [-0.15, -0.1) is 0 Å². The van der Waals surface area contributed by atoms with Crippen LogP contribution in [0.3, 0.4) is 0 Å². The van der Waals surface area contributed by atoms with Gasteiger partial charge in [0.15, 0.2) is 0 Å². The van der Waals surface area contributed by atoms with E-state index < -0.39 is 0 Å². The van der Waals surface area contributed by atoms with Crippen LogP contribution in [0.2, 0.25) is 0 Å². The monoisotopic (exact) mass is 310 g/mol. The number of hydrogen-bond donors (Lipinski definition) is 1. The summed E-state index contributed by atoms with van der Waals surface area (Å²) in [6.45, 7) is 4.04. The fraction of sp³-hybridized carbons (Fsp3) is 0.111. The fourth-order valence-corrected chi connectivity index (χ4v) is 1.83. The van der Waals surface area contributed by atoms with Crippen LogP contribution in [-0.2, 0) is 0 Å². The Morgan fingerprint density at radius 1 is 1.22 bits per heavy atom. The highest BCUT2D eigenvalue weighted by molar-refractivity contribution is 5.95. The third-order valence-electron chi connectivity index (χ3n) is 2.94. The Hall–Kier alpha value is -3.08. The van der Waals surface area contributed by atoms with Gasteiger partial charge in [0.25, 0.3) is 5.91 Å². The summed E-state index contributed by atoms with van der Waals surface area (Å²) >= 11 is 0. The smallest absolute Gasteiger partial charge is 0.271 e. The van der Waals surface area contributed by atoms with Gasteiger partial charge in [0.05, 0.1) is 13.3 Å². The van der Waals surface area contributed by atoms with Crippen LogP contribution in [0.5, 0.6) is 11.5 Å². The second kappa shape index (κ2) is 8.38. The van der Waals surface area contributed by atoms with Gasteiger partial charge in [-0.2, -0.15) is 5.10 Å². The van der Waals surface area contributed by atoms with Crippen LogP contribution < -0.4 is 14.9 Å². The van der Waals surface area contributed by atoms with Crippen LogP contribution >= 0.6 is 0 Å². The van der Waals surface area contributed by atoms with Gasteiger partial charge in [-0.25, -0.2) is 5.43 Å². The number of hydrazone groups is 1. The lowest BCUT2D eigenvalue weighted by atomic mass is 10.2. The minimum Gasteiger partial charge on any atom is -0.497 e. The van der Waals surface area contributed by atoms with E-state index in [0.29, 0.717) is 23.7 Å². The Kier molecular flexibility index (Phi) is 5.94. The molecule has 0 aliphatic heterocycles. The first-order valence-electron chi connectivity index (χ1n) is 7.04. The van der Waals surface area contributed by atoms with Crippen LogP contribution in [0.25, 0.3) is 0 Å². The Balaban J connectivity index is 1.97. The maximum absolute atomic E-state index is 12.0. The maximum Gasteiger partial charge on any atom is 0.271 e. The number of benzene rings is 2. The minimum absolute atomic E-state index is 0.306. The molecule has 2 aromatic carbocycles. The van der Waals surface area contributed by atoms with Crippen molar-refractivity contribution < 1.29 is 14.3 Å². The second-order valence-electron chi connectivity index (χ2n) is 4.60. The lowest BCUT2D eigenvalue weighted by Gasteiger charge is -2.04. The maximum atomic E-state index is 12.0. The molecule has 0 bridgehead atoms. The van der Waals surface area contributed by atoms with Gasteiger partial charge in [-0.05, 0) is 35.9 Å². The molecule has 0 unspecified atom stereocenters. The zero-order valence-electron chi connectivity index (χ0n) is 12.9. The molecule has 2 aromatic rings. The first kappa shape index (κ1) is 16.3. The third kappa shape index (κ3) is 5.00. The highest BCUT2D eigenvalue weighted by atomic mass is 16.5. The lowest BCUT2D eigenvalue weighted by molar-refractivity contribution is 0.0955. The van der Waals surface area contributed by atoms with Crippen molar-refractivity contribution in [2.24, 2.45) is 5.10 Å². The molecule has 0 fully saturated rings. The number of carbonyl (C=O) groups is 1. The molecule has 0 saturated carbocycles. The van der Waals surface area contributed by atoms with Gasteiger partial charge in [-0.1, -0.05) is 30.9 Å². The summed E-state index contributed by atoms with van der Waals surface area (Å²) in [6.07, 6.45) is 3.23. The number of methoxy groups -OCH3 is 1. The van der Waals surface area contributed by atoms with Crippen LogP contribution in [-0.4, -0.2) is 25.8 Å². The Bertz CT molecular complexity index is 711. The SMILES string of the molecule is C=CCOc1cccc(/C=N\NC(=O)c2cccc(OC)c2)c1. The van der Waals surface area contributed by atoms with Crippen LogP contribution in [0.1, 0.15) is 15.9 Å². The topological polar surface area (TPSA) is 59.9 Å². The first-order chi connectivity index (χ1) is 11.2. The summed E-state index contributed by atoms with van der Waals surface area (Å²) in [5, 5.41) is 3.95. The number of hydrogen-bond acceptors (Lipinski definition) is 4. The molecule has 0 saturated heterocycles. The highest BCUT2D eigenvalue weighted by Crippen LogP contribution is 2.13. The molecule has 1 N–H and O–H groups in total. The Morgan fingerprint density at radius 2 is 2.00 bits per heavy atom. The van der Waals surface area contributed by atoms with E-state index in [2.05, 4.69) is 17.1 Å². The molecule has 2 rings (SSSR count). The zero-order valence-corrected chi connectivity index (χ0v) is 12.9.